The SMILES string of the molecule is O=S(=O)(c1cc(F)cc(F)c1)N1CCC(OCCc2noc(C3CC3)n2)CC1. The third-order valence-electron chi connectivity index (χ3n) is 4.96. The van der Waals surface area contributed by atoms with Crippen LogP contribution in [-0.2, 0) is 21.2 Å². The predicted octanol–water partition coefficient (Wildman–Crippen LogP) is 2.64. The van der Waals surface area contributed by atoms with E-state index in [9.17, 15) is 17.2 Å². The predicted molar refractivity (Wildman–Crippen MR) is 94.1 cm³/mol. The van der Waals surface area contributed by atoms with Gasteiger partial charge in [0, 0.05) is 31.5 Å². The number of hydrogen-bond donors (Lipinski definition) is 0. The topological polar surface area (TPSA) is 85.5 Å². The fraction of sp³-hybridized carbons (Fsp3) is 0.556. The van der Waals surface area contributed by atoms with Crippen LogP contribution in [0.5, 0.6) is 0 Å². The van der Waals surface area contributed by atoms with Crippen molar-refractivity contribution in [3.05, 3.63) is 41.5 Å². The van der Waals surface area contributed by atoms with Crippen molar-refractivity contribution in [2.24, 2.45) is 0 Å². The summed E-state index contributed by atoms with van der Waals surface area (Å²) in [4.78, 5) is 3.97. The van der Waals surface area contributed by atoms with Gasteiger partial charge in [0.05, 0.1) is 17.6 Å². The molecule has 28 heavy (non-hydrogen) atoms. The molecule has 1 aromatic carbocycles. The second-order valence-corrected chi connectivity index (χ2v) is 9.09. The third-order valence-corrected chi connectivity index (χ3v) is 6.84. The molecule has 4 rings (SSSR count). The highest BCUT2D eigenvalue weighted by Crippen LogP contribution is 2.38. The van der Waals surface area contributed by atoms with Crippen LogP contribution >= 0.6 is 0 Å². The molecule has 1 aliphatic carbocycles. The zero-order valence-electron chi connectivity index (χ0n) is 15.2. The van der Waals surface area contributed by atoms with Crippen LogP contribution in [0.4, 0.5) is 8.78 Å². The summed E-state index contributed by atoms with van der Waals surface area (Å²) in [6.07, 6.45) is 3.68. The van der Waals surface area contributed by atoms with Crippen molar-refractivity contribution in [3.8, 4) is 0 Å². The van der Waals surface area contributed by atoms with Crippen LogP contribution in [0.15, 0.2) is 27.6 Å². The number of sulfonamides is 1. The maximum absolute atomic E-state index is 13.4. The molecular formula is C18H21F2N3O4S. The van der Waals surface area contributed by atoms with Gasteiger partial charge in [-0.3, -0.25) is 0 Å². The molecule has 1 saturated heterocycles. The number of benzene rings is 1. The van der Waals surface area contributed by atoms with E-state index in [1.54, 1.807) is 0 Å². The first-order valence-electron chi connectivity index (χ1n) is 9.32. The molecular weight excluding hydrogens is 392 g/mol. The lowest BCUT2D eigenvalue weighted by Gasteiger charge is -2.31. The van der Waals surface area contributed by atoms with E-state index in [0.717, 1.165) is 25.0 Å². The third kappa shape index (κ3) is 4.39. The normalized spacial score (nSPS) is 19.2. The van der Waals surface area contributed by atoms with Crippen molar-refractivity contribution >= 4 is 10.0 Å². The molecule has 0 unspecified atom stereocenters. The molecule has 0 atom stereocenters. The Labute approximate surface area is 161 Å². The van der Waals surface area contributed by atoms with Gasteiger partial charge in [-0.25, -0.2) is 17.2 Å². The largest absolute Gasteiger partial charge is 0.378 e. The minimum absolute atomic E-state index is 0.0782. The van der Waals surface area contributed by atoms with Gasteiger partial charge in [-0.15, -0.1) is 0 Å². The van der Waals surface area contributed by atoms with E-state index in [2.05, 4.69) is 10.1 Å². The van der Waals surface area contributed by atoms with Crippen molar-refractivity contribution in [1.29, 1.82) is 0 Å². The monoisotopic (exact) mass is 413 g/mol. The van der Waals surface area contributed by atoms with Crippen LogP contribution in [0.1, 0.15) is 43.3 Å². The average Bonchev–Trinajstić information content (AvgIpc) is 3.40. The number of rotatable bonds is 7. The Bertz CT molecular complexity index is 918. The molecule has 2 fully saturated rings. The van der Waals surface area contributed by atoms with E-state index in [4.69, 9.17) is 9.26 Å². The van der Waals surface area contributed by atoms with Crippen LogP contribution in [0, 0.1) is 11.6 Å². The minimum Gasteiger partial charge on any atom is -0.378 e. The van der Waals surface area contributed by atoms with E-state index in [1.165, 1.54) is 4.31 Å². The summed E-state index contributed by atoms with van der Waals surface area (Å²) < 4.78 is 64.1. The summed E-state index contributed by atoms with van der Waals surface area (Å²) in [5.41, 5.74) is 0. The Morgan fingerprint density at radius 3 is 2.43 bits per heavy atom. The van der Waals surface area contributed by atoms with Crippen molar-refractivity contribution in [3.63, 3.8) is 0 Å². The number of halogens is 2. The second kappa shape index (κ2) is 7.84. The van der Waals surface area contributed by atoms with Gasteiger partial charge >= 0.3 is 0 Å². The quantitative estimate of drug-likeness (QED) is 0.694. The van der Waals surface area contributed by atoms with Gasteiger partial charge in [0.2, 0.25) is 15.9 Å². The standard InChI is InChI=1S/C18H21F2N3O4S/c19-13-9-14(20)11-16(10-13)28(24,25)23-6-3-15(4-7-23)26-8-5-17-21-18(27-22-17)12-1-2-12/h9-12,15H,1-8H2. The molecule has 0 N–H and O–H groups in total. The summed E-state index contributed by atoms with van der Waals surface area (Å²) in [6, 6.07) is 2.32. The molecule has 0 spiro atoms. The smallest absolute Gasteiger partial charge is 0.243 e. The molecule has 0 amide bonds. The van der Waals surface area contributed by atoms with E-state index in [-0.39, 0.29) is 24.1 Å². The highest BCUT2D eigenvalue weighted by Gasteiger charge is 2.31. The van der Waals surface area contributed by atoms with Gasteiger partial charge in [0.15, 0.2) is 5.82 Å². The molecule has 2 aromatic rings. The lowest BCUT2D eigenvalue weighted by atomic mass is 10.1. The Balaban J connectivity index is 1.26. The fourth-order valence-corrected chi connectivity index (χ4v) is 4.76. The summed E-state index contributed by atoms with van der Waals surface area (Å²) in [6.45, 7) is 0.897. The van der Waals surface area contributed by atoms with Crippen molar-refractivity contribution in [2.75, 3.05) is 19.7 Å². The van der Waals surface area contributed by atoms with Gasteiger partial charge in [-0.2, -0.15) is 9.29 Å². The van der Waals surface area contributed by atoms with Gasteiger partial charge in [0.1, 0.15) is 11.6 Å². The molecule has 0 radical (unpaired) electrons. The van der Waals surface area contributed by atoms with Gasteiger partial charge in [-0.05, 0) is 37.8 Å². The minimum atomic E-state index is -3.93. The van der Waals surface area contributed by atoms with Crippen molar-refractivity contribution < 1.29 is 26.5 Å². The molecule has 0 bridgehead atoms. The Morgan fingerprint density at radius 2 is 1.79 bits per heavy atom. The van der Waals surface area contributed by atoms with E-state index < -0.39 is 21.7 Å². The van der Waals surface area contributed by atoms with Crippen LogP contribution in [-0.4, -0.2) is 48.7 Å². The molecule has 2 heterocycles. The van der Waals surface area contributed by atoms with Gasteiger partial charge < -0.3 is 9.26 Å². The van der Waals surface area contributed by atoms with Crippen molar-refractivity contribution in [2.45, 2.75) is 49.0 Å². The highest BCUT2D eigenvalue weighted by atomic mass is 32.2. The maximum Gasteiger partial charge on any atom is 0.243 e. The Morgan fingerprint density at radius 1 is 1.11 bits per heavy atom. The average molecular weight is 413 g/mol. The van der Waals surface area contributed by atoms with E-state index >= 15 is 0 Å². The summed E-state index contributed by atoms with van der Waals surface area (Å²) in [5, 5.41) is 3.94. The van der Waals surface area contributed by atoms with E-state index in [0.29, 0.717) is 49.6 Å². The highest BCUT2D eigenvalue weighted by molar-refractivity contribution is 7.89. The summed E-state index contributed by atoms with van der Waals surface area (Å²) in [7, 11) is -3.93. The Hall–Kier alpha value is -1.91. The maximum atomic E-state index is 13.4. The molecule has 152 valence electrons. The van der Waals surface area contributed by atoms with Crippen LogP contribution < -0.4 is 0 Å². The molecule has 1 saturated carbocycles. The van der Waals surface area contributed by atoms with Crippen LogP contribution in [0.3, 0.4) is 0 Å². The lowest BCUT2D eigenvalue weighted by molar-refractivity contribution is 0.0222. The first kappa shape index (κ1) is 19.4. The molecule has 7 nitrogen and oxygen atoms in total. The van der Waals surface area contributed by atoms with E-state index in [1.807, 2.05) is 0 Å². The van der Waals surface area contributed by atoms with Crippen molar-refractivity contribution in [1.82, 2.24) is 14.4 Å². The number of ether oxygens (including phenoxy) is 1. The number of piperidine rings is 1. The summed E-state index contributed by atoms with van der Waals surface area (Å²) >= 11 is 0. The first-order chi connectivity index (χ1) is 13.4. The zero-order valence-corrected chi connectivity index (χ0v) is 16.0. The number of hydrogen-bond acceptors (Lipinski definition) is 6. The van der Waals surface area contributed by atoms with Crippen LogP contribution in [0.25, 0.3) is 0 Å². The molecule has 10 heteroatoms. The summed E-state index contributed by atoms with van der Waals surface area (Å²) in [5.74, 6) is -0.0939. The number of nitrogens with zero attached hydrogens (tertiary/aromatic N) is 3. The van der Waals surface area contributed by atoms with Crippen LogP contribution in [0.2, 0.25) is 0 Å². The zero-order chi connectivity index (χ0) is 19.7. The molecule has 1 aliphatic heterocycles. The second-order valence-electron chi connectivity index (χ2n) is 7.15. The van der Waals surface area contributed by atoms with Gasteiger partial charge in [0.25, 0.3) is 0 Å². The lowest BCUT2D eigenvalue weighted by Crippen LogP contribution is -2.41. The van der Waals surface area contributed by atoms with Gasteiger partial charge in [-0.1, -0.05) is 5.16 Å². The number of aromatic nitrogens is 2. The molecule has 2 aliphatic rings. The molecule has 1 aromatic heterocycles. The first-order valence-corrected chi connectivity index (χ1v) is 10.8. The Kier molecular flexibility index (Phi) is 5.44. The fourth-order valence-electron chi connectivity index (χ4n) is 3.25.